The summed E-state index contributed by atoms with van der Waals surface area (Å²) in [6, 6.07) is 9.61. The topological polar surface area (TPSA) is 189 Å². The Balaban J connectivity index is 1.50. The zero-order valence-electron chi connectivity index (χ0n) is 21.1. The molecule has 1 aliphatic rings. The first-order chi connectivity index (χ1) is 18.6. The molecule has 0 bridgehead atoms. The second-order valence-corrected chi connectivity index (χ2v) is 9.93. The fraction of sp³-hybridized carbons (Fsp3) is 0.400. The number of rotatable bonds is 12. The van der Waals surface area contributed by atoms with Crippen LogP contribution in [-0.4, -0.2) is 77.6 Å². The van der Waals surface area contributed by atoms with E-state index in [4.69, 9.17) is 21.3 Å². The number of carbonyl (C=O) groups is 4. The van der Waals surface area contributed by atoms with Gasteiger partial charge in [-0.2, -0.15) is 4.99 Å². The van der Waals surface area contributed by atoms with Gasteiger partial charge in [0.1, 0.15) is 23.3 Å². The van der Waals surface area contributed by atoms with E-state index >= 15 is 4.39 Å². The molecule has 3 rings (SSSR count). The minimum Gasteiger partial charge on any atom is -0.494 e. The summed E-state index contributed by atoms with van der Waals surface area (Å²) in [6.45, 7) is -0.756. The quantitative estimate of drug-likeness (QED) is 0.144. The Bertz CT molecular complexity index is 1210. The number of alkyl halides is 1. The van der Waals surface area contributed by atoms with Crippen LogP contribution in [-0.2, 0) is 20.9 Å². The summed E-state index contributed by atoms with van der Waals surface area (Å²) in [6.07, 6.45) is -1.14. The first-order valence-corrected chi connectivity index (χ1v) is 13.0. The number of benzene rings is 1. The van der Waals surface area contributed by atoms with Crippen molar-refractivity contribution in [2.24, 2.45) is 16.5 Å². The third-order valence-electron chi connectivity index (χ3n) is 5.98. The molecular formula is C25H31FN6O6S. The van der Waals surface area contributed by atoms with Crippen LogP contribution in [0.4, 0.5) is 9.18 Å². The van der Waals surface area contributed by atoms with Gasteiger partial charge >= 0.3 is 6.09 Å². The number of nitrogens with zero attached hydrogens (tertiary/aromatic N) is 2. The number of carboxylic acid groups (broad SMARTS) is 1. The molecule has 0 radical (unpaired) electrons. The number of amidine groups is 1. The van der Waals surface area contributed by atoms with Crippen molar-refractivity contribution in [2.45, 2.75) is 37.5 Å². The van der Waals surface area contributed by atoms with Gasteiger partial charge in [-0.1, -0.05) is 18.2 Å². The molecule has 0 saturated carbocycles. The van der Waals surface area contributed by atoms with Crippen LogP contribution in [0.1, 0.15) is 29.7 Å². The second kappa shape index (κ2) is 13.7. The highest BCUT2D eigenvalue weighted by atomic mass is 32.1. The predicted molar refractivity (Wildman–Crippen MR) is 142 cm³/mol. The minimum atomic E-state index is -1.94. The van der Waals surface area contributed by atoms with Crippen molar-refractivity contribution in [3.8, 4) is 5.75 Å². The van der Waals surface area contributed by atoms with Crippen molar-refractivity contribution in [1.29, 1.82) is 0 Å². The van der Waals surface area contributed by atoms with Crippen LogP contribution >= 0.6 is 11.3 Å². The van der Waals surface area contributed by atoms with Gasteiger partial charge < -0.3 is 36.8 Å². The van der Waals surface area contributed by atoms with E-state index in [0.29, 0.717) is 29.2 Å². The van der Waals surface area contributed by atoms with Crippen LogP contribution in [0.25, 0.3) is 0 Å². The first-order valence-electron chi connectivity index (χ1n) is 12.2. The highest BCUT2D eigenvalue weighted by Crippen LogP contribution is 2.30. The predicted octanol–water partition coefficient (Wildman–Crippen LogP) is 0.991. The van der Waals surface area contributed by atoms with Gasteiger partial charge in [0.05, 0.1) is 26.2 Å². The fourth-order valence-electron chi connectivity index (χ4n) is 3.95. The molecular weight excluding hydrogens is 531 g/mol. The van der Waals surface area contributed by atoms with E-state index in [2.05, 4.69) is 15.6 Å². The van der Waals surface area contributed by atoms with Gasteiger partial charge in [0, 0.05) is 35.2 Å². The smallest absolute Gasteiger partial charge is 0.433 e. The van der Waals surface area contributed by atoms with Crippen LogP contribution in [0.3, 0.4) is 0 Å². The molecule has 0 aliphatic carbocycles. The maximum absolute atomic E-state index is 15.1. The number of carbonyl (C=O) groups excluding carboxylic acids is 3. The van der Waals surface area contributed by atoms with Gasteiger partial charge in [0.15, 0.2) is 0 Å². The molecule has 1 aliphatic heterocycles. The van der Waals surface area contributed by atoms with Crippen LogP contribution in [0, 0.1) is 0 Å². The SMILES string of the molecule is NC[C@@]1(F)C[C@@H](C(=O)NCc2cc(C(N)=NC(=O)O)cs2)N(C(=O)CNC(=O)CCCOc2ccccc2)C1. The van der Waals surface area contributed by atoms with Gasteiger partial charge in [-0.25, -0.2) is 9.18 Å². The Kier molecular flexibility index (Phi) is 10.3. The third-order valence-corrected chi connectivity index (χ3v) is 6.91. The normalized spacial score (nSPS) is 19.0. The minimum absolute atomic E-state index is 0.0477. The molecule has 1 fully saturated rings. The molecule has 2 aromatic rings. The summed E-state index contributed by atoms with van der Waals surface area (Å²) >= 11 is 1.22. The van der Waals surface area contributed by atoms with E-state index in [1.165, 1.54) is 11.3 Å². The number of ether oxygens (including phenoxy) is 1. The van der Waals surface area contributed by atoms with Gasteiger partial charge in [-0.05, 0) is 24.6 Å². The lowest BCUT2D eigenvalue weighted by Crippen LogP contribution is -2.49. The molecule has 0 unspecified atom stereocenters. The molecule has 12 nitrogen and oxygen atoms in total. The number of hydrogen-bond acceptors (Lipinski definition) is 7. The van der Waals surface area contributed by atoms with E-state index in [0.717, 1.165) is 4.90 Å². The maximum Gasteiger partial charge on any atom is 0.433 e. The third kappa shape index (κ3) is 8.75. The van der Waals surface area contributed by atoms with Crippen molar-refractivity contribution in [3.63, 3.8) is 0 Å². The summed E-state index contributed by atoms with van der Waals surface area (Å²) in [5.41, 5.74) is 9.64. The Morgan fingerprint density at radius 3 is 2.67 bits per heavy atom. The molecule has 14 heteroatoms. The van der Waals surface area contributed by atoms with Crippen LogP contribution in [0.5, 0.6) is 5.75 Å². The van der Waals surface area contributed by atoms with Crippen molar-refractivity contribution < 1.29 is 33.4 Å². The van der Waals surface area contributed by atoms with Crippen molar-refractivity contribution >= 4 is 41.0 Å². The number of nitrogens with two attached hydrogens (primary N) is 2. The van der Waals surface area contributed by atoms with E-state index < -0.39 is 29.6 Å². The van der Waals surface area contributed by atoms with E-state index in [1.54, 1.807) is 23.6 Å². The van der Waals surface area contributed by atoms with Crippen molar-refractivity contribution in [1.82, 2.24) is 15.5 Å². The van der Waals surface area contributed by atoms with Crippen LogP contribution in [0.2, 0.25) is 0 Å². The lowest BCUT2D eigenvalue weighted by molar-refractivity contribution is -0.138. The van der Waals surface area contributed by atoms with E-state index in [-0.39, 0.29) is 50.8 Å². The molecule has 0 spiro atoms. The Morgan fingerprint density at radius 1 is 1.23 bits per heavy atom. The fourth-order valence-corrected chi connectivity index (χ4v) is 4.77. The number of para-hydroxylation sites is 1. The highest BCUT2D eigenvalue weighted by Gasteiger charge is 2.48. The number of thiophene rings is 1. The number of aliphatic imine (C=N–C) groups is 1. The molecule has 2 heterocycles. The summed E-state index contributed by atoms with van der Waals surface area (Å²) < 4.78 is 20.6. The molecule has 1 saturated heterocycles. The van der Waals surface area contributed by atoms with Crippen molar-refractivity contribution in [3.05, 3.63) is 52.2 Å². The highest BCUT2D eigenvalue weighted by molar-refractivity contribution is 7.10. The average Bonchev–Trinajstić information content (AvgIpc) is 3.54. The largest absolute Gasteiger partial charge is 0.494 e. The van der Waals surface area contributed by atoms with Gasteiger partial charge in [-0.3, -0.25) is 14.4 Å². The Hall–Kier alpha value is -4.04. The van der Waals surface area contributed by atoms with Crippen LogP contribution < -0.4 is 26.8 Å². The second-order valence-electron chi connectivity index (χ2n) is 8.94. The summed E-state index contributed by atoms with van der Waals surface area (Å²) in [5, 5.41) is 15.5. The number of amides is 4. The number of nitrogens with one attached hydrogen (secondary N) is 2. The lowest BCUT2D eigenvalue weighted by atomic mass is 10.0. The zero-order chi connectivity index (χ0) is 28.4. The first kappa shape index (κ1) is 29.5. The van der Waals surface area contributed by atoms with E-state index in [9.17, 15) is 19.2 Å². The number of hydrogen-bond donors (Lipinski definition) is 5. The van der Waals surface area contributed by atoms with Gasteiger partial charge in [0.25, 0.3) is 0 Å². The Labute approximate surface area is 228 Å². The number of likely N-dealkylation sites (tertiary alicyclic amines) is 1. The number of halogens is 1. The van der Waals surface area contributed by atoms with E-state index in [1.807, 2.05) is 18.2 Å². The van der Waals surface area contributed by atoms with Gasteiger partial charge in [-0.15, -0.1) is 11.3 Å². The average molecular weight is 563 g/mol. The standard InChI is InChI=1S/C25H31FN6O6S/c26-25(14-27)10-19(23(35)30-11-18-9-16(13-39-18)22(28)31-24(36)37)32(15-25)21(34)12-29-20(33)7-4-8-38-17-5-2-1-3-6-17/h1-3,5-6,9,13,19H,4,7-8,10-12,14-15,27H2,(H2,28,31)(H,29,33)(H,30,35)(H,36,37)/t19-,25-/m0/s1. The molecule has 210 valence electrons. The molecule has 2 atom stereocenters. The molecule has 4 amide bonds. The molecule has 1 aromatic carbocycles. The molecule has 1 aromatic heterocycles. The maximum atomic E-state index is 15.1. The monoisotopic (exact) mass is 562 g/mol. The van der Waals surface area contributed by atoms with Gasteiger partial charge in [0.2, 0.25) is 17.7 Å². The summed E-state index contributed by atoms with van der Waals surface area (Å²) in [7, 11) is 0. The summed E-state index contributed by atoms with van der Waals surface area (Å²) in [5.74, 6) is -1.04. The zero-order valence-corrected chi connectivity index (χ0v) is 21.9. The molecule has 39 heavy (non-hydrogen) atoms. The summed E-state index contributed by atoms with van der Waals surface area (Å²) in [4.78, 5) is 53.6. The Morgan fingerprint density at radius 2 is 1.97 bits per heavy atom. The molecule has 7 N–H and O–H groups in total. The lowest BCUT2D eigenvalue weighted by Gasteiger charge is -2.24. The van der Waals surface area contributed by atoms with Crippen molar-refractivity contribution in [2.75, 3.05) is 26.2 Å². The van der Waals surface area contributed by atoms with Crippen LogP contribution in [0.15, 0.2) is 46.8 Å².